The Hall–Kier alpha value is -1.41. The molecule has 1 aliphatic rings. The van der Waals surface area contributed by atoms with Crippen LogP contribution in [0.15, 0.2) is 0 Å². The maximum absolute atomic E-state index is 12.1. The van der Waals surface area contributed by atoms with E-state index >= 15 is 0 Å². The zero-order valence-electron chi connectivity index (χ0n) is 23.3. The molecule has 0 aromatic carbocycles. The Morgan fingerprint density at radius 1 is 0.882 bits per heavy atom. The normalized spacial score (nSPS) is 21.6. The van der Waals surface area contributed by atoms with E-state index in [0.717, 1.165) is 37.6 Å². The maximum atomic E-state index is 12.1. The number of carbonyl (C=O) groups is 2. The number of nitrogens with one attached hydrogen (secondary N) is 1. The predicted molar refractivity (Wildman–Crippen MR) is 139 cm³/mol. The molecule has 196 valence electrons. The minimum Gasteiger partial charge on any atom is -0.393 e. The molecule has 4 atom stereocenters. The molecular weight excluding hydrogens is 424 g/mol. The van der Waals surface area contributed by atoms with Gasteiger partial charge >= 0.3 is 11.9 Å². The number of carbonyl (C=O) groups excluding carboxylic acids is 2. The summed E-state index contributed by atoms with van der Waals surface area (Å²) >= 11 is 0. The van der Waals surface area contributed by atoms with Gasteiger partial charge in [0.15, 0.2) is 0 Å². The Balaban J connectivity index is 2.30. The van der Waals surface area contributed by atoms with Crippen LogP contribution in [0.4, 0.5) is 0 Å². The number of rotatable bonds is 17. The average Bonchev–Trinajstić information content (AvgIpc) is 2.98. The van der Waals surface area contributed by atoms with E-state index in [-0.39, 0.29) is 5.54 Å². The van der Waals surface area contributed by atoms with Crippen molar-refractivity contribution in [3.8, 4) is 6.07 Å². The summed E-state index contributed by atoms with van der Waals surface area (Å²) in [6, 6.07) is 2.17. The molecule has 0 spiro atoms. The highest BCUT2D eigenvalue weighted by Crippen LogP contribution is 2.40. The van der Waals surface area contributed by atoms with Crippen LogP contribution in [0.25, 0.3) is 0 Å². The van der Waals surface area contributed by atoms with Crippen molar-refractivity contribution in [3.05, 3.63) is 0 Å². The first-order valence-corrected chi connectivity index (χ1v) is 13.7. The molecule has 0 bridgehead atoms. The lowest BCUT2D eigenvalue weighted by Crippen LogP contribution is -2.45. The van der Waals surface area contributed by atoms with Crippen LogP contribution in [-0.4, -0.2) is 24.0 Å². The summed E-state index contributed by atoms with van der Waals surface area (Å²) in [4.78, 5) is 24.2. The van der Waals surface area contributed by atoms with Crippen LogP contribution < -0.4 is 5.32 Å². The summed E-state index contributed by atoms with van der Waals surface area (Å²) in [5.41, 5.74) is -0.666. The van der Waals surface area contributed by atoms with Gasteiger partial charge in [-0.25, -0.2) is 0 Å². The molecule has 0 saturated carbocycles. The highest BCUT2D eigenvalue weighted by molar-refractivity contribution is 5.97. The number of cyclic esters (lactones) is 2. The second kappa shape index (κ2) is 14.2. The summed E-state index contributed by atoms with van der Waals surface area (Å²) < 4.78 is 4.86. The van der Waals surface area contributed by atoms with Crippen molar-refractivity contribution in [3.63, 3.8) is 0 Å². The molecule has 5 heteroatoms. The fourth-order valence-corrected chi connectivity index (χ4v) is 6.06. The summed E-state index contributed by atoms with van der Waals surface area (Å²) in [7, 11) is 0. The van der Waals surface area contributed by atoms with Crippen LogP contribution in [-0.2, 0) is 14.3 Å². The van der Waals surface area contributed by atoms with Gasteiger partial charge in [0.05, 0.1) is 23.3 Å². The number of nitriles is 1. The molecule has 0 radical (unpaired) electrons. The molecule has 1 heterocycles. The third kappa shape index (κ3) is 10.5. The first-order chi connectivity index (χ1) is 15.8. The lowest BCUT2D eigenvalue weighted by Gasteiger charge is -2.36. The monoisotopic (exact) mass is 476 g/mol. The number of hydrogen-bond donors (Lipinski definition) is 1. The average molecular weight is 477 g/mol. The molecule has 1 N–H and O–H groups in total. The molecule has 1 rings (SSSR count). The zero-order valence-corrected chi connectivity index (χ0v) is 23.3. The topological polar surface area (TPSA) is 79.2 Å². The van der Waals surface area contributed by atoms with E-state index in [4.69, 9.17) is 4.74 Å². The third-order valence-corrected chi connectivity index (χ3v) is 7.25. The molecule has 0 amide bonds. The second-order valence-corrected chi connectivity index (χ2v) is 12.6. The number of unbranched alkanes of at least 4 members (excludes halogenated alkanes) is 5. The van der Waals surface area contributed by atoms with E-state index in [1.54, 1.807) is 13.8 Å². The van der Waals surface area contributed by atoms with Crippen molar-refractivity contribution in [1.82, 2.24) is 5.32 Å². The Morgan fingerprint density at radius 2 is 1.47 bits per heavy atom. The molecule has 1 fully saturated rings. The van der Waals surface area contributed by atoms with Gasteiger partial charge in [0.1, 0.15) is 0 Å². The number of esters is 2. The fourth-order valence-electron chi connectivity index (χ4n) is 6.06. The largest absolute Gasteiger partial charge is 0.393 e. The van der Waals surface area contributed by atoms with Crippen molar-refractivity contribution < 1.29 is 14.3 Å². The lowest BCUT2D eigenvalue weighted by molar-refractivity contribution is -0.154. The van der Waals surface area contributed by atoms with Gasteiger partial charge in [0.25, 0.3) is 0 Å². The first-order valence-electron chi connectivity index (χ1n) is 13.7. The van der Waals surface area contributed by atoms with E-state index in [2.05, 4.69) is 52.9 Å². The van der Waals surface area contributed by atoms with Crippen molar-refractivity contribution in [2.24, 2.45) is 35.0 Å². The van der Waals surface area contributed by atoms with Crippen molar-refractivity contribution >= 4 is 11.9 Å². The quantitative estimate of drug-likeness (QED) is 0.138. The highest BCUT2D eigenvalue weighted by atomic mass is 16.6. The van der Waals surface area contributed by atoms with Crippen LogP contribution in [0.1, 0.15) is 120 Å². The van der Waals surface area contributed by atoms with E-state index in [9.17, 15) is 14.9 Å². The van der Waals surface area contributed by atoms with Gasteiger partial charge < -0.3 is 10.1 Å². The van der Waals surface area contributed by atoms with Gasteiger partial charge in [-0.2, -0.15) is 5.26 Å². The number of ether oxygens (including phenoxy) is 1. The Bertz CT molecular complexity index is 679. The van der Waals surface area contributed by atoms with Crippen molar-refractivity contribution in [2.75, 3.05) is 6.54 Å². The molecule has 1 saturated heterocycles. The summed E-state index contributed by atoms with van der Waals surface area (Å²) in [6.07, 6.45) is 11.0. The Morgan fingerprint density at radius 3 is 2.03 bits per heavy atom. The van der Waals surface area contributed by atoms with Crippen LogP contribution in [0.3, 0.4) is 0 Å². The third-order valence-electron chi connectivity index (χ3n) is 7.25. The van der Waals surface area contributed by atoms with Crippen molar-refractivity contribution in [1.29, 1.82) is 5.26 Å². The van der Waals surface area contributed by atoms with Gasteiger partial charge in [-0.05, 0) is 77.2 Å². The number of nitrogens with zero attached hydrogens (tertiary/aromatic N) is 1. The summed E-state index contributed by atoms with van der Waals surface area (Å²) in [5.74, 6) is 0.0922. The first kappa shape index (κ1) is 30.6. The zero-order chi connectivity index (χ0) is 25.9. The van der Waals surface area contributed by atoms with E-state index in [0.29, 0.717) is 12.3 Å². The van der Waals surface area contributed by atoms with Gasteiger partial charge in [0, 0.05) is 5.54 Å². The van der Waals surface area contributed by atoms with E-state index < -0.39 is 29.2 Å². The number of hydrogen-bond acceptors (Lipinski definition) is 5. The van der Waals surface area contributed by atoms with Crippen LogP contribution in [0.5, 0.6) is 0 Å². The van der Waals surface area contributed by atoms with Crippen LogP contribution >= 0.6 is 0 Å². The molecule has 34 heavy (non-hydrogen) atoms. The van der Waals surface area contributed by atoms with Gasteiger partial charge in [0.2, 0.25) is 0 Å². The molecule has 0 aromatic rings. The Kier molecular flexibility index (Phi) is 12.8. The van der Waals surface area contributed by atoms with Crippen LogP contribution in [0.2, 0.25) is 0 Å². The van der Waals surface area contributed by atoms with Crippen molar-refractivity contribution in [2.45, 2.75) is 125 Å². The Labute approximate surface area is 209 Å². The van der Waals surface area contributed by atoms with E-state index in [1.807, 2.05) is 0 Å². The minimum absolute atomic E-state index is 0.212. The van der Waals surface area contributed by atoms with Gasteiger partial charge in [-0.15, -0.1) is 0 Å². The lowest BCUT2D eigenvalue weighted by atomic mass is 9.72. The summed E-state index contributed by atoms with van der Waals surface area (Å²) in [6.45, 7) is 18.6. The molecule has 1 aliphatic heterocycles. The smallest absolute Gasteiger partial charge is 0.319 e. The van der Waals surface area contributed by atoms with Crippen LogP contribution in [0, 0.1) is 46.3 Å². The van der Waals surface area contributed by atoms with E-state index in [1.165, 1.54) is 38.5 Å². The second-order valence-electron chi connectivity index (χ2n) is 12.6. The predicted octanol–water partition coefficient (Wildman–Crippen LogP) is 7.05. The fraction of sp³-hybridized carbons (Fsp3) is 0.897. The molecule has 5 nitrogen and oxygen atoms in total. The minimum atomic E-state index is -0.877. The molecular formula is C29H52N2O3. The summed E-state index contributed by atoms with van der Waals surface area (Å²) in [5, 5.41) is 13.3. The highest BCUT2D eigenvalue weighted by Gasteiger charge is 2.51. The van der Waals surface area contributed by atoms with Gasteiger partial charge in [-0.1, -0.05) is 66.7 Å². The standard InChI is InChI=1S/C29H52N2O3/c1-21(2)17-23(5)19-29(8,18-22(3)4)31-16-14-12-10-9-11-13-15-24-25(28(6,7)20-30)27(33)34-26(24)32/h21-25,31H,9-19H2,1-8H3. The SMILES string of the molecule is CC(C)CC(C)CC(C)(CC(C)C)NCCCCCCCCC1C(=O)OC(=O)C1C(C)(C)C#N. The molecule has 0 aliphatic carbocycles. The molecule has 4 unspecified atom stereocenters. The van der Waals surface area contributed by atoms with Gasteiger partial charge in [-0.3, -0.25) is 9.59 Å². The maximum Gasteiger partial charge on any atom is 0.319 e. The molecule has 0 aromatic heterocycles.